The molecule has 0 saturated heterocycles. The SMILES string of the molecule is c1ccc(-c2ccc3c(c2)oc2cc(N(c4ccccc4)c4cccc5c4oc4c(-c6ccccc6)cccc45)ccc23)cc1. The number of hydrogen-bond donors (Lipinski definition) is 0. The second-order valence-electron chi connectivity index (χ2n) is 11.3. The molecule has 0 spiro atoms. The summed E-state index contributed by atoms with van der Waals surface area (Å²) < 4.78 is 13.3. The van der Waals surface area contributed by atoms with E-state index in [2.05, 4.69) is 150 Å². The maximum atomic E-state index is 6.82. The minimum atomic E-state index is 0.844. The second kappa shape index (κ2) is 10.3. The molecule has 0 radical (unpaired) electrons. The van der Waals surface area contributed by atoms with Crippen molar-refractivity contribution < 1.29 is 8.83 Å². The van der Waals surface area contributed by atoms with Crippen molar-refractivity contribution in [3.63, 3.8) is 0 Å². The highest BCUT2D eigenvalue weighted by Crippen LogP contribution is 2.45. The largest absolute Gasteiger partial charge is 0.456 e. The van der Waals surface area contributed by atoms with Crippen molar-refractivity contribution in [3.8, 4) is 22.3 Å². The van der Waals surface area contributed by atoms with E-state index in [9.17, 15) is 0 Å². The Bertz CT molecular complexity index is 2470. The number of anilines is 3. The first-order valence-corrected chi connectivity index (χ1v) is 15.2. The lowest BCUT2D eigenvalue weighted by molar-refractivity contribution is 0.668. The Balaban J connectivity index is 1.24. The minimum Gasteiger partial charge on any atom is -0.456 e. The Labute approximate surface area is 260 Å². The van der Waals surface area contributed by atoms with Gasteiger partial charge in [0.1, 0.15) is 16.7 Å². The van der Waals surface area contributed by atoms with E-state index in [0.717, 1.165) is 77.6 Å². The van der Waals surface area contributed by atoms with Crippen molar-refractivity contribution in [1.29, 1.82) is 0 Å². The number of hydrogen-bond acceptors (Lipinski definition) is 3. The Morgan fingerprint density at radius 3 is 1.73 bits per heavy atom. The van der Waals surface area contributed by atoms with Crippen LogP contribution in [0.5, 0.6) is 0 Å². The summed E-state index contributed by atoms with van der Waals surface area (Å²) in [5.74, 6) is 0. The molecule has 0 aliphatic carbocycles. The molecule has 2 aromatic heterocycles. The fraction of sp³-hybridized carbons (Fsp3) is 0. The summed E-state index contributed by atoms with van der Waals surface area (Å²) in [6, 6.07) is 57.0. The fourth-order valence-corrected chi connectivity index (χ4v) is 6.55. The molecule has 0 amide bonds. The molecule has 7 aromatic carbocycles. The molecule has 3 nitrogen and oxygen atoms in total. The molecule has 3 heteroatoms. The van der Waals surface area contributed by atoms with Gasteiger partial charge in [-0.15, -0.1) is 0 Å². The summed E-state index contributed by atoms with van der Waals surface area (Å²) in [6.07, 6.45) is 0. The lowest BCUT2D eigenvalue weighted by atomic mass is 10.0. The maximum Gasteiger partial charge on any atom is 0.159 e. The molecule has 45 heavy (non-hydrogen) atoms. The van der Waals surface area contributed by atoms with Crippen LogP contribution in [0.4, 0.5) is 17.1 Å². The summed E-state index contributed by atoms with van der Waals surface area (Å²) in [6.45, 7) is 0. The van der Waals surface area contributed by atoms with E-state index in [1.807, 2.05) is 18.2 Å². The van der Waals surface area contributed by atoms with Gasteiger partial charge in [-0.1, -0.05) is 115 Å². The molecule has 212 valence electrons. The average Bonchev–Trinajstić information content (AvgIpc) is 3.68. The third-order valence-corrected chi connectivity index (χ3v) is 8.67. The van der Waals surface area contributed by atoms with Crippen molar-refractivity contribution in [1.82, 2.24) is 0 Å². The van der Waals surface area contributed by atoms with E-state index in [4.69, 9.17) is 8.83 Å². The molecule has 0 saturated carbocycles. The molecule has 0 fully saturated rings. The summed E-state index contributed by atoms with van der Waals surface area (Å²) >= 11 is 0. The molecule has 0 aliphatic heterocycles. The third-order valence-electron chi connectivity index (χ3n) is 8.67. The van der Waals surface area contributed by atoms with E-state index in [-0.39, 0.29) is 0 Å². The molecule has 2 heterocycles. The number of fused-ring (bicyclic) bond motifs is 6. The van der Waals surface area contributed by atoms with Gasteiger partial charge in [0.25, 0.3) is 0 Å². The Morgan fingerprint density at radius 1 is 0.356 bits per heavy atom. The van der Waals surface area contributed by atoms with Crippen LogP contribution in [0, 0.1) is 0 Å². The molecule has 0 unspecified atom stereocenters. The lowest BCUT2D eigenvalue weighted by Crippen LogP contribution is -2.09. The maximum absolute atomic E-state index is 6.82. The first-order valence-electron chi connectivity index (χ1n) is 15.2. The van der Waals surface area contributed by atoms with Gasteiger partial charge in [0, 0.05) is 38.9 Å². The smallest absolute Gasteiger partial charge is 0.159 e. The van der Waals surface area contributed by atoms with E-state index < -0.39 is 0 Å². The standard InChI is InChI=1S/C42H27NO2/c1-4-12-28(13-5-1)30-22-24-34-35-25-23-32(27-40(35)44-39(34)26-30)43(31-16-8-3-9-17-31)38-21-11-20-37-36-19-10-18-33(41(36)45-42(37)38)29-14-6-2-7-15-29/h1-27H. The fourth-order valence-electron chi connectivity index (χ4n) is 6.55. The van der Waals surface area contributed by atoms with Crippen molar-refractivity contribution in [2.24, 2.45) is 0 Å². The zero-order valence-corrected chi connectivity index (χ0v) is 24.4. The highest BCUT2D eigenvalue weighted by atomic mass is 16.3. The van der Waals surface area contributed by atoms with Gasteiger partial charge < -0.3 is 13.7 Å². The summed E-state index contributed by atoms with van der Waals surface area (Å²) in [4.78, 5) is 2.26. The minimum absolute atomic E-state index is 0.844. The van der Waals surface area contributed by atoms with Crippen LogP contribution < -0.4 is 4.90 Å². The zero-order valence-electron chi connectivity index (χ0n) is 24.4. The normalized spacial score (nSPS) is 11.6. The van der Waals surface area contributed by atoms with Crippen LogP contribution in [0.2, 0.25) is 0 Å². The quantitative estimate of drug-likeness (QED) is 0.204. The number of rotatable bonds is 5. The summed E-state index contributed by atoms with van der Waals surface area (Å²) in [5, 5.41) is 4.38. The molecule has 0 atom stereocenters. The predicted octanol–water partition coefficient (Wildman–Crippen LogP) is 12.3. The Morgan fingerprint density at radius 2 is 0.978 bits per heavy atom. The molecule has 0 aliphatic rings. The van der Waals surface area contributed by atoms with E-state index in [0.29, 0.717) is 0 Å². The zero-order chi connectivity index (χ0) is 29.7. The first-order chi connectivity index (χ1) is 22.3. The van der Waals surface area contributed by atoms with Crippen LogP contribution >= 0.6 is 0 Å². The number of furan rings is 2. The van der Waals surface area contributed by atoms with Crippen molar-refractivity contribution in [3.05, 3.63) is 164 Å². The van der Waals surface area contributed by atoms with Crippen molar-refractivity contribution in [2.75, 3.05) is 4.90 Å². The van der Waals surface area contributed by atoms with Crippen LogP contribution in [0.15, 0.2) is 173 Å². The molecule has 9 rings (SSSR count). The van der Waals surface area contributed by atoms with Crippen LogP contribution in [0.25, 0.3) is 66.1 Å². The van der Waals surface area contributed by atoms with Crippen LogP contribution in [-0.2, 0) is 0 Å². The van der Waals surface area contributed by atoms with Gasteiger partial charge in [-0.25, -0.2) is 0 Å². The van der Waals surface area contributed by atoms with Crippen molar-refractivity contribution >= 4 is 60.9 Å². The van der Waals surface area contributed by atoms with E-state index in [1.165, 1.54) is 5.56 Å². The van der Waals surface area contributed by atoms with Crippen LogP contribution in [0.1, 0.15) is 0 Å². The van der Waals surface area contributed by atoms with E-state index in [1.54, 1.807) is 0 Å². The molecule has 0 N–H and O–H groups in total. The number of nitrogens with zero attached hydrogens (tertiary/aromatic N) is 1. The monoisotopic (exact) mass is 577 g/mol. The average molecular weight is 578 g/mol. The second-order valence-corrected chi connectivity index (χ2v) is 11.3. The topological polar surface area (TPSA) is 29.5 Å². The Hall–Kier alpha value is -6.06. The van der Waals surface area contributed by atoms with Crippen molar-refractivity contribution in [2.45, 2.75) is 0 Å². The molecular formula is C42H27NO2. The van der Waals surface area contributed by atoms with E-state index >= 15 is 0 Å². The molecular weight excluding hydrogens is 550 g/mol. The predicted molar refractivity (Wildman–Crippen MR) is 187 cm³/mol. The van der Waals surface area contributed by atoms with Gasteiger partial charge in [0.2, 0.25) is 0 Å². The third kappa shape index (κ3) is 4.21. The lowest BCUT2D eigenvalue weighted by Gasteiger charge is -2.25. The highest BCUT2D eigenvalue weighted by Gasteiger charge is 2.21. The number of benzene rings is 7. The number of para-hydroxylation sites is 3. The van der Waals surface area contributed by atoms with Gasteiger partial charge in [-0.3, -0.25) is 0 Å². The first kappa shape index (κ1) is 25.4. The summed E-state index contributed by atoms with van der Waals surface area (Å²) in [7, 11) is 0. The Kier molecular flexibility index (Phi) is 5.82. The van der Waals surface area contributed by atoms with Crippen LogP contribution in [0.3, 0.4) is 0 Å². The van der Waals surface area contributed by atoms with Gasteiger partial charge in [-0.05, 0) is 59.2 Å². The van der Waals surface area contributed by atoms with Gasteiger partial charge >= 0.3 is 0 Å². The molecule has 0 bridgehead atoms. The van der Waals surface area contributed by atoms with Gasteiger partial charge in [0.05, 0.1) is 11.4 Å². The highest BCUT2D eigenvalue weighted by molar-refractivity contribution is 6.14. The van der Waals surface area contributed by atoms with Crippen LogP contribution in [-0.4, -0.2) is 0 Å². The van der Waals surface area contributed by atoms with Gasteiger partial charge in [0.15, 0.2) is 5.58 Å². The molecule has 9 aromatic rings. The summed E-state index contributed by atoms with van der Waals surface area (Å²) in [5.41, 5.74) is 11.0. The van der Waals surface area contributed by atoms with Gasteiger partial charge in [-0.2, -0.15) is 0 Å².